The maximum Gasteiger partial charge on any atom is 0.307 e. The summed E-state index contributed by atoms with van der Waals surface area (Å²) in [6.45, 7) is 0. The molecule has 2 aromatic carbocycles. The molecule has 2 aromatic rings. The molecule has 7 nitrogen and oxygen atoms in total. The van der Waals surface area contributed by atoms with Crippen LogP contribution in [0, 0.1) is 10.1 Å². The second-order valence-corrected chi connectivity index (χ2v) is 5.99. The van der Waals surface area contributed by atoms with E-state index in [0.717, 1.165) is 5.56 Å². The Morgan fingerprint density at radius 1 is 1.15 bits per heavy atom. The van der Waals surface area contributed by atoms with Gasteiger partial charge in [0, 0.05) is 17.2 Å². The van der Waals surface area contributed by atoms with Crippen LogP contribution in [0.3, 0.4) is 0 Å². The number of carbonyl (C=O) groups is 2. The van der Waals surface area contributed by atoms with Gasteiger partial charge in [-0.2, -0.15) is 0 Å². The highest BCUT2D eigenvalue weighted by Gasteiger charge is 2.19. The molecule has 0 spiro atoms. The lowest BCUT2D eigenvalue weighted by atomic mass is 10.0. The average molecular weight is 377 g/mol. The molecule has 1 unspecified atom stereocenters. The molecule has 0 aliphatic rings. The Labute approximate surface area is 155 Å². The minimum atomic E-state index is -0.565. The molecule has 0 aliphatic carbocycles. The van der Waals surface area contributed by atoms with Crippen LogP contribution in [0.2, 0.25) is 5.02 Å². The molecule has 8 heteroatoms. The summed E-state index contributed by atoms with van der Waals surface area (Å²) in [5, 5.41) is 14.0. The quantitative estimate of drug-likeness (QED) is 0.454. The van der Waals surface area contributed by atoms with E-state index in [0.29, 0.717) is 10.6 Å². The molecule has 0 heterocycles. The summed E-state index contributed by atoms with van der Waals surface area (Å²) in [5.41, 5.74) is 1.30. The van der Waals surface area contributed by atoms with E-state index in [4.69, 9.17) is 11.6 Å². The maximum absolute atomic E-state index is 12.3. The van der Waals surface area contributed by atoms with E-state index < -0.39 is 16.9 Å². The first-order valence-corrected chi connectivity index (χ1v) is 8.12. The van der Waals surface area contributed by atoms with Crippen LogP contribution in [0.1, 0.15) is 23.6 Å². The Hall–Kier alpha value is -2.93. The molecular weight excluding hydrogens is 360 g/mol. The molecule has 0 aliphatic heterocycles. The Bertz CT molecular complexity index is 790. The van der Waals surface area contributed by atoms with Crippen molar-refractivity contribution in [2.75, 3.05) is 7.11 Å². The predicted molar refractivity (Wildman–Crippen MR) is 95.8 cm³/mol. The molecule has 0 saturated heterocycles. The number of nitro groups is 1. The molecule has 26 heavy (non-hydrogen) atoms. The number of nitrogens with one attached hydrogen (secondary N) is 1. The number of nitrogens with zero attached hydrogens (tertiary/aromatic N) is 1. The van der Waals surface area contributed by atoms with Gasteiger partial charge >= 0.3 is 5.97 Å². The van der Waals surface area contributed by atoms with Crippen molar-refractivity contribution in [1.29, 1.82) is 0 Å². The summed E-state index contributed by atoms with van der Waals surface area (Å²) in [5.74, 6) is -0.775. The number of ether oxygens (including phenoxy) is 1. The molecule has 136 valence electrons. The van der Waals surface area contributed by atoms with Gasteiger partial charge in [0.05, 0.1) is 30.9 Å². The molecule has 0 radical (unpaired) electrons. The van der Waals surface area contributed by atoms with Crippen molar-refractivity contribution in [3.63, 3.8) is 0 Å². The van der Waals surface area contributed by atoms with Crippen molar-refractivity contribution in [2.45, 2.75) is 18.9 Å². The summed E-state index contributed by atoms with van der Waals surface area (Å²) in [7, 11) is 1.28. The van der Waals surface area contributed by atoms with Crippen molar-refractivity contribution >= 4 is 29.2 Å². The second kappa shape index (κ2) is 8.96. The fourth-order valence-electron chi connectivity index (χ4n) is 2.36. The van der Waals surface area contributed by atoms with Gasteiger partial charge in [0.2, 0.25) is 5.91 Å². The normalized spacial score (nSPS) is 11.5. The number of non-ortho nitro benzene ring substituents is 1. The summed E-state index contributed by atoms with van der Waals surface area (Å²) in [4.78, 5) is 34.1. The zero-order valence-corrected chi connectivity index (χ0v) is 14.7. The number of hydrogen-bond acceptors (Lipinski definition) is 5. The van der Waals surface area contributed by atoms with Gasteiger partial charge in [-0.3, -0.25) is 19.7 Å². The van der Waals surface area contributed by atoms with E-state index in [1.165, 1.54) is 31.4 Å². The third-order valence-corrected chi connectivity index (χ3v) is 3.97. The first-order chi connectivity index (χ1) is 12.4. The largest absolute Gasteiger partial charge is 0.469 e. The SMILES string of the molecule is COC(=O)CC(NC(=O)Cc1ccc([N+](=O)[O-])cc1)c1ccc(Cl)cc1. The monoisotopic (exact) mass is 376 g/mol. The molecule has 0 bridgehead atoms. The van der Waals surface area contributed by atoms with Gasteiger partial charge in [-0.15, -0.1) is 0 Å². The van der Waals surface area contributed by atoms with Crippen molar-refractivity contribution in [2.24, 2.45) is 0 Å². The molecule has 0 fully saturated rings. The van der Waals surface area contributed by atoms with Crippen LogP contribution in [0.25, 0.3) is 0 Å². The van der Waals surface area contributed by atoms with E-state index in [1.807, 2.05) is 0 Å². The average Bonchev–Trinajstić information content (AvgIpc) is 2.62. The standard InChI is InChI=1S/C18H17ClN2O5/c1-26-18(23)11-16(13-4-6-14(19)7-5-13)20-17(22)10-12-2-8-15(9-3-12)21(24)25/h2-9,16H,10-11H2,1H3,(H,20,22). The number of hydrogen-bond donors (Lipinski definition) is 1. The van der Waals surface area contributed by atoms with Crippen LogP contribution in [0.4, 0.5) is 5.69 Å². The lowest BCUT2D eigenvalue weighted by Gasteiger charge is -2.18. The zero-order chi connectivity index (χ0) is 19.1. The molecule has 0 aromatic heterocycles. The Morgan fingerprint density at radius 3 is 2.31 bits per heavy atom. The Balaban J connectivity index is 2.08. The molecule has 0 saturated carbocycles. The minimum Gasteiger partial charge on any atom is -0.469 e. The van der Waals surface area contributed by atoms with Gasteiger partial charge in [0.25, 0.3) is 5.69 Å². The molecule has 1 N–H and O–H groups in total. The van der Waals surface area contributed by atoms with Crippen LogP contribution < -0.4 is 5.32 Å². The second-order valence-electron chi connectivity index (χ2n) is 5.55. The van der Waals surface area contributed by atoms with Gasteiger partial charge in [-0.1, -0.05) is 35.9 Å². The van der Waals surface area contributed by atoms with E-state index in [-0.39, 0.29) is 24.4 Å². The van der Waals surface area contributed by atoms with Crippen LogP contribution in [-0.2, 0) is 20.7 Å². The van der Waals surface area contributed by atoms with E-state index in [2.05, 4.69) is 10.1 Å². The van der Waals surface area contributed by atoms with Gasteiger partial charge < -0.3 is 10.1 Å². The Morgan fingerprint density at radius 2 is 1.77 bits per heavy atom. The molecule has 1 atom stereocenters. The predicted octanol–water partition coefficient (Wildman–Crippen LogP) is 3.21. The van der Waals surface area contributed by atoms with E-state index in [9.17, 15) is 19.7 Å². The van der Waals surface area contributed by atoms with Crippen LogP contribution >= 0.6 is 11.6 Å². The number of esters is 1. The third kappa shape index (κ3) is 5.56. The fraction of sp³-hybridized carbons (Fsp3) is 0.222. The number of rotatable bonds is 7. The van der Waals surface area contributed by atoms with Gasteiger partial charge in [0.1, 0.15) is 0 Å². The number of benzene rings is 2. The van der Waals surface area contributed by atoms with Crippen LogP contribution in [0.5, 0.6) is 0 Å². The molecule has 2 rings (SSSR count). The highest BCUT2D eigenvalue weighted by atomic mass is 35.5. The lowest BCUT2D eigenvalue weighted by molar-refractivity contribution is -0.384. The number of amides is 1. The topological polar surface area (TPSA) is 98.5 Å². The smallest absolute Gasteiger partial charge is 0.307 e. The van der Waals surface area contributed by atoms with Crippen LogP contribution in [-0.4, -0.2) is 23.9 Å². The van der Waals surface area contributed by atoms with Gasteiger partial charge in [0.15, 0.2) is 0 Å². The van der Waals surface area contributed by atoms with Crippen molar-refractivity contribution < 1.29 is 19.2 Å². The summed E-state index contributed by atoms with van der Waals surface area (Å²) < 4.78 is 4.68. The number of nitro benzene ring substituents is 1. The Kier molecular flexibility index (Phi) is 6.68. The zero-order valence-electron chi connectivity index (χ0n) is 14.0. The number of carbonyl (C=O) groups excluding carboxylic acids is 2. The third-order valence-electron chi connectivity index (χ3n) is 3.72. The number of halogens is 1. The highest BCUT2D eigenvalue weighted by Crippen LogP contribution is 2.20. The van der Waals surface area contributed by atoms with E-state index in [1.54, 1.807) is 24.3 Å². The van der Waals surface area contributed by atoms with Crippen LogP contribution in [0.15, 0.2) is 48.5 Å². The summed E-state index contributed by atoms with van der Waals surface area (Å²) >= 11 is 5.87. The summed E-state index contributed by atoms with van der Waals surface area (Å²) in [6, 6.07) is 12.0. The van der Waals surface area contributed by atoms with Crippen molar-refractivity contribution in [3.05, 3.63) is 74.8 Å². The van der Waals surface area contributed by atoms with Crippen molar-refractivity contribution in [3.8, 4) is 0 Å². The molecule has 1 amide bonds. The first-order valence-electron chi connectivity index (χ1n) is 7.74. The van der Waals surface area contributed by atoms with E-state index >= 15 is 0 Å². The lowest BCUT2D eigenvalue weighted by Crippen LogP contribution is -2.31. The highest BCUT2D eigenvalue weighted by molar-refractivity contribution is 6.30. The van der Waals surface area contributed by atoms with Gasteiger partial charge in [-0.25, -0.2) is 0 Å². The van der Waals surface area contributed by atoms with Crippen molar-refractivity contribution in [1.82, 2.24) is 5.32 Å². The fourth-order valence-corrected chi connectivity index (χ4v) is 2.49. The number of methoxy groups -OCH3 is 1. The first kappa shape index (κ1) is 19.4. The minimum absolute atomic E-state index is 0.0237. The van der Waals surface area contributed by atoms with Gasteiger partial charge in [-0.05, 0) is 23.3 Å². The maximum atomic E-state index is 12.3. The molecular formula is C18H17ClN2O5. The summed E-state index contributed by atoms with van der Waals surface area (Å²) in [6.07, 6.45) is 0.00733.